The largest absolute Gasteiger partial charge is 0.461 e. The highest BCUT2D eigenvalue weighted by Crippen LogP contribution is 2.08. The minimum absolute atomic E-state index is 0.236. The van der Waals surface area contributed by atoms with Gasteiger partial charge in [0.25, 0.3) is 0 Å². The number of carbonyl (C=O) groups excluding carboxylic acids is 1. The summed E-state index contributed by atoms with van der Waals surface area (Å²) in [4.78, 5) is 12.5. The Kier molecular flexibility index (Phi) is 5.48. The van der Waals surface area contributed by atoms with Crippen molar-refractivity contribution in [2.24, 2.45) is 10.2 Å². The first kappa shape index (κ1) is 16.8. The van der Waals surface area contributed by atoms with Gasteiger partial charge in [-0.3, -0.25) is 0 Å². The fraction of sp³-hybridized carbons (Fsp3) is 0.111. The summed E-state index contributed by atoms with van der Waals surface area (Å²) < 4.78 is 6.60. The van der Waals surface area contributed by atoms with Gasteiger partial charge in [0.1, 0.15) is 0 Å². The molecular weight excluding hydrogens is 336 g/mol. The highest BCUT2D eigenvalue weighted by atomic mass is 32.1. The van der Waals surface area contributed by atoms with Gasteiger partial charge in [-0.2, -0.15) is 5.10 Å². The van der Waals surface area contributed by atoms with Crippen LogP contribution in [0, 0.1) is 0 Å². The molecule has 3 rings (SSSR count). The molecule has 0 saturated carbocycles. The summed E-state index contributed by atoms with van der Waals surface area (Å²) in [5.41, 5.74) is 1.73. The van der Waals surface area contributed by atoms with Crippen molar-refractivity contribution in [3.63, 3.8) is 0 Å². The van der Waals surface area contributed by atoms with Crippen molar-refractivity contribution in [3.05, 3.63) is 76.0 Å². The molecule has 3 aromatic rings. The monoisotopic (exact) mass is 352 g/mol. The molecule has 0 aliphatic carbocycles. The summed E-state index contributed by atoms with van der Waals surface area (Å²) in [5.74, 6) is -0.467. The molecule has 1 heterocycles. The Hall–Kier alpha value is -3.06. The van der Waals surface area contributed by atoms with Crippen molar-refractivity contribution in [2.45, 2.75) is 6.92 Å². The Morgan fingerprint density at radius 2 is 1.84 bits per heavy atom. The summed E-state index contributed by atoms with van der Waals surface area (Å²) in [7, 11) is 0. The molecule has 0 atom stereocenters. The van der Waals surface area contributed by atoms with Crippen LogP contribution in [0.15, 0.2) is 70.9 Å². The molecule has 0 fully saturated rings. The first-order chi connectivity index (χ1) is 12.3. The summed E-state index contributed by atoms with van der Waals surface area (Å²) >= 11 is 1.13. The number of benzene rings is 2. The minimum atomic E-state index is -0.467. The van der Waals surface area contributed by atoms with Crippen LogP contribution >= 0.6 is 11.3 Å². The molecule has 0 N–H and O–H groups in total. The molecule has 0 aliphatic heterocycles. The van der Waals surface area contributed by atoms with Crippen LogP contribution in [0.2, 0.25) is 0 Å². The number of hydrogen-bond donors (Lipinski definition) is 0. The number of nitrogens with zero attached hydrogens (tertiary/aromatic N) is 4. The van der Waals surface area contributed by atoms with Gasteiger partial charge in [0.15, 0.2) is 0 Å². The molecule has 0 radical (unpaired) electrons. The van der Waals surface area contributed by atoms with E-state index in [1.165, 1.54) is 0 Å². The molecular formula is C18H16N4O2S. The van der Waals surface area contributed by atoms with Gasteiger partial charge in [-0.1, -0.05) is 59.9 Å². The van der Waals surface area contributed by atoms with Gasteiger partial charge in [0.05, 0.1) is 18.5 Å². The second kappa shape index (κ2) is 8.16. The van der Waals surface area contributed by atoms with Crippen molar-refractivity contribution < 1.29 is 9.53 Å². The lowest BCUT2D eigenvalue weighted by molar-refractivity contribution is 0.0524. The van der Waals surface area contributed by atoms with Gasteiger partial charge >= 0.3 is 5.97 Å². The molecule has 2 aromatic carbocycles. The van der Waals surface area contributed by atoms with Crippen molar-refractivity contribution in [1.82, 2.24) is 9.78 Å². The fourth-order valence-corrected chi connectivity index (χ4v) is 2.80. The van der Waals surface area contributed by atoms with E-state index in [0.29, 0.717) is 11.4 Å². The zero-order valence-electron chi connectivity index (χ0n) is 13.6. The van der Waals surface area contributed by atoms with Crippen LogP contribution < -0.4 is 4.80 Å². The zero-order valence-corrected chi connectivity index (χ0v) is 14.4. The standard InChI is InChI=1S/C18H16N4O2S/c1-2-24-17(23)16-21-22(15-11-7-4-8-12-15)18(25-16)20-19-13-14-9-5-3-6-10-14/h3-13H,2H2,1H3/b19-13+,20-18-. The quantitative estimate of drug-likeness (QED) is 0.403. The zero-order chi connectivity index (χ0) is 17.5. The number of hydrogen-bond acceptors (Lipinski definition) is 6. The summed E-state index contributed by atoms with van der Waals surface area (Å²) in [5, 5.41) is 12.9. The van der Waals surface area contributed by atoms with Gasteiger partial charge in [-0.05, 0) is 24.6 Å². The maximum Gasteiger partial charge on any atom is 0.369 e. The highest BCUT2D eigenvalue weighted by molar-refractivity contribution is 7.10. The van der Waals surface area contributed by atoms with E-state index in [4.69, 9.17) is 4.74 Å². The van der Waals surface area contributed by atoms with Crippen molar-refractivity contribution in [2.75, 3.05) is 6.61 Å². The van der Waals surface area contributed by atoms with Gasteiger partial charge in [-0.15, -0.1) is 10.2 Å². The fourth-order valence-electron chi connectivity index (χ4n) is 2.04. The predicted molar refractivity (Wildman–Crippen MR) is 97.0 cm³/mol. The topological polar surface area (TPSA) is 68.8 Å². The van der Waals surface area contributed by atoms with E-state index in [0.717, 1.165) is 22.6 Å². The molecule has 1 aromatic heterocycles. The van der Waals surface area contributed by atoms with Crippen molar-refractivity contribution in [3.8, 4) is 5.69 Å². The second-order valence-corrected chi connectivity index (χ2v) is 5.87. The second-order valence-electron chi connectivity index (χ2n) is 4.91. The molecule has 0 aliphatic rings. The Morgan fingerprint density at radius 1 is 1.16 bits per heavy atom. The van der Waals surface area contributed by atoms with E-state index in [1.807, 2.05) is 60.7 Å². The van der Waals surface area contributed by atoms with Crippen LogP contribution in [-0.2, 0) is 4.74 Å². The van der Waals surface area contributed by atoms with Gasteiger partial charge in [0, 0.05) is 0 Å². The van der Waals surface area contributed by atoms with E-state index in [1.54, 1.807) is 17.8 Å². The maximum atomic E-state index is 12.0. The Morgan fingerprint density at radius 3 is 2.52 bits per heavy atom. The average Bonchev–Trinajstić information content (AvgIpc) is 3.08. The van der Waals surface area contributed by atoms with Crippen LogP contribution in [0.1, 0.15) is 22.3 Å². The lowest BCUT2D eigenvalue weighted by Gasteiger charge is -1.99. The molecule has 25 heavy (non-hydrogen) atoms. The Balaban J connectivity index is 2.00. The molecule has 6 nitrogen and oxygen atoms in total. The van der Waals surface area contributed by atoms with E-state index < -0.39 is 5.97 Å². The first-order valence-corrected chi connectivity index (χ1v) is 8.54. The lowest BCUT2D eigenvalue weighted by Crippen LogP contribution is -2.14. The van der Waals surface area contributed by atoms with Crippen LogP contribution in [0.4, 0.5) is 0 Å². The molecule has 0 amide bonds. The molecule has 0 saturated heterocycles. The van der Waals surface area contributed by atoms with Gasteiger partial charge in [0.2, 0.25) is 9.81 Å². The van der Waals surface area contributed by atoms with E-state index in [-0.39, 0.29) is 5.01 Å². The van der Waals surface area contributed by atoms with Crippen LogP contribution in [0.5, 0.6) is 0 Å². The normalized spacial score (nSPS) is 11.8. The number of ether oxygens (including phenoxy) is 1. The number of aromatic nitrogens is 2. The number of esters is 1. The minimum Gasteiger partial charge on any atom is -0.461 e. The van der Waals surface area contributed by atoms with Crippen molar-refractivity contribution in [1.29, 1.82) is 0 Å². The smallest absolute Gasteiger partial charge is 0.369 e. The summed E-state index contributed by atoms with van der Waals surface area (Å²) in [6.07, 6.45) is 1.65. The van der Waals surface area contributed by atoms with E-state index in [2.05, 4.69) is 15.3 Å². The third-order valence-corrected chi connectivity index (χ3v) is 4.04. The average molecular weight is 352 g/mol. The van der Waals surface area contributed by atoms with Crippen LogP contribution in [0.3, 0.4) is 0 Å². The molecule has 126 valence electrons. The van der Waals surface area contributed by atoms with E-state index in [9.17, 15) is 4.79 Å². The molecule has 7 heteroatoms. The SMILES string of the molecule is CCOC(=O)c1nn(-c2ccccc2)/c(=N/N=C/c2ccccc2)s1. The first-order valence-electron chi connectivity index (χ1n) is 7.72. The summed E-state index contributed by atoms with van der Waals surface area (Å²) in [6.45, 7) is 2.05. The van der Waals surface area contributed by atoms with Crippen LogP contribution in [0.25, 0.3) is 5.69 Å². The lowest BCUT2D eigenvalue weighted by atomic mass is 10.2. The highest BCUT2D eigenvalue weighted by Gasteiger charge is 2.15. The molecule has 0 bridgehead atoms. The third kappa shape index (κ3) is 4.27. The Bertz CT molecular complexity index is 930. The van der Waals surface area contributed by atoms with Crippen molar-refractivity contribution >= 4 is 23.5 Å². The number of rotatable bonds is 5. The summed E-state index contributed by atoms with van der Waals surface area (Å²) in [6, 6.07) is 19.1. The maximum absolute atomic E-state index is 12.0. The third-order valence-electron chi connectivity index (χ3n) is 3.16. The molecule has 0 unspecified atom stereocenters. The van der Waals surface area contributed by atoms with Gasteiger partial charge < -0.3 is 4.74 Å². The Labute approximate surface area is 148 Å². The predicted octanol–water partition coefficient (Wildman–Crippen LogP) is 3.05. The van der Waals surface area contributed by atoms with E-state index >= 15 is 0 Å². The molecule has 0 spiro atoms. The number of para-hydroxylation sites is 1. The number of carbonyl (C=O) groups is 1. The van der Waals surface area contributed by atoms with Crippen LogP contribution in [-0.4, -0.2) is 28.6 Å². The van der Waals surface area contributed by atoms with Gasteiger partial charge in [-0.25, -0.2) is 9.48 Å².